The Kier molecular flexibility index (Phi) is 2.26. The van der Waals surface area contributed by atoms with Crippen molar-refractivity contribution in [2.45, 2.75) is 6.92 Å². The molecular formula is C10H7BrN4S. The first-order chi connectivity index (χ1) is 7.72. The molecule has 0 saturated heterocycles. The SMILES string of the molecule is Cc1nc(-c2cn3cc(Br)cnc3n2)cs1. The van der Waals surface area contributed by atoms with E-state index in [0.717, 1.165) is 20.9 Å². The highest BCUT2D eigenvalue weighted by Gasteiger charge is 2.07. The second kappa shape index (κ2) is 3.64. The van der Waals surface area contributed by atoms with Gasteiger partial charge in [0.1, 0.15) is 11.4 Å². The molecule has 3 aromatic rings. The Morgan fingerprint density at radius 1 is 1.25 bits per heavy atom. The summed E-state index contributed by atoms with van der Waals surface area (Å²) in [5, 5.41) is 3.05. The Balaban J connectivity index is 2.18. The Morgan fingerprint density at radius 3 is 2.88 bits per heavy atom. The van der Waals surface area contributed by atoms with Crippen LogP contribution >= 0.6 is 27.3 Å². The van der Waals surface area contributed by atoms with Gasteiger partial charge in [-0.05, 0) is 22.9 Å². The normalized spacial score (nSPS) is 11.1. The van der Waals surface area contributed by atoms with E-state index in [1.165, 1.54) is 0 Å². The molecule has 0 aliphatic rings. The first kappa shape index (κ1) is 9.92. The lowest BCUT2D eigenvalue weighted by atomic mass is 10.4. The molecule has 0 amide bonds. The largest absolute Gasteiger partial charge is 0.289 e. The minimum Gasteiger partial charge on any atom is -0.289 e. The third kappa shape index (κ3) is 1.64. The van der Waals surface area contributed by atoms with Crippen molar-refractivity contribution in [3.63, 3.8) is 0 Å². The summed E-state index contributed by atoms with van der Waals surface area (Å²) < 4.78 is 2.81. The second-order valence-electron chi connectivity index (χ2n) is 3.36. The molecule has 3 aromatic heterocycles. The molecule has 6 heteroatoms. The summed E-state index contributed by atoms with van der Waals surface area (Å²) in [6, 6.07) is 0. The third-order valence-corrected chi connectivity index (χ3v) is 3.34. The molecule has 3 heterocycles. The summed E-state index contributed by atoms with van der Waals surface area (Å²) in [5.74, 6) is 0.684. The fourth-order valence-corrected chi connectivity index (χ4v) is 2.39. The minimum absolute atomic E-state index is 0.684. The summed E-state index contributed by atoms with van der Waals surface area (Å²) in [5.41, 5.74) is 1.76. The maximum absolute atomic E-state index is 4.41. The molecule has 4 nitrogen and oxygen atoms in total. The van der Waals surface area contributed by atoms with Gasteiger partial charge in [-0.25, -0.2) is 15.0 Å². The van der Waals surface area contributed by atoms with Gasteiger partial charge >= 0.3 is 0 Å². The van der Waals surface area contributed by atoms with Crippen LogP contribution in [0.4, 0.5) is 0 Å². The molecule has 0 atom stereocenters. The van der Waals surface area contributed by atoms with Gasteiger partial charge in [0.05, 0.1) is 9.48 Å². The summed E-state index contributed by atoms with van der Waals surface area (Å²) in [6.45, 7) is 1.98. The van der Waals surface area contributed by atoms with Crippen LogP contribution in [0.2, 0.25) is 0 Å². The maximum Gasteiger partial charge on any atom is 0.234 e. The number of halogens is 1. The molecule has 0 aliphatic heterocycles. The van der Waals surface area contributed by atoms with Crippen LogP contribution in [0.5, 0.6) is 0 Å². The quantitative estimate of drug-likeness (QED) is 0.693. The smallest absolute Gasteiger partial charge is 0.234 e. The number of hydrogen-bond donors (Lipinski definition) is 0. The fourth-order valence-electron chi connectivity index (χ4n) is 1.46. The van der Waals surface area contributed by atoms with Crippen molar-refractivity contribution < 1.29 is 0 Å². The highest BCUT2D eigenvalue weighted by molar-refractivity contribution is 9.10. The summed E-state index contributed by atoms with van der Waals surface area (Å²) in [4.78, 5) is 13.0. The van der Waals surface area contributed by atoms with Crippen molar-refractivity contribution in [2.75, 3.05) is 0 Å². The van der Waals surface area contributed by atoms with Crippen molar-refractivity contribution in [1.82, 2.24) is 19.4 Å². The molecule has 3 rings (SSSR count). The molecule has 0 N–H and O–H groups in total. The molecule has 0 bridgehead atoms. The van der Waals surface area contributed by atoms with Crippen LogP contribution < -0.4 is 0 Å². The van der Waals surface area contributed by atoms with E-state index in [-0.39, 0.29) is 0 Å². The number of aryl methyl sites for hydroxylation is 1. The predicted octanol–water partition coefficient (Wildman–Crippen LogP) is 2.92. The first-order valence-corrected chi connectivity index (χ1v) is 6.32. The maximum atomic E-state index is 4.41. The third-order valence-electron chi connectivity index (χ3n) is 2.16. The lowest BCUT2D eigenvalue weighted by Crippen LogP contribution is -1.85. The van der Waals surface area contributed by atoms with Crippen molar-refractivity contribution in [3.05, 3.63) is 33.5 Å². The first-order valence-electron chi connectivity index (χ1n) is 4.65. The van der Waals surface area contributed by atoms with Crippen LogP contribution in [0.25, 0.3) is 17.2 Å². The number of thiazole rings is 1. The van der Waals surface area contributed by atoms with Gasteiger partial charge in [0.25, 0.3) is 0 Å². The Hall–Kier alpha value is -1.27. The van der Waals surface area contributed by atoms with Crippen LogP contribution in [0.3, 0.4) is 0 Å². The van der Waals surface area contributed by atoms with E-state index >= 15 is 0 Å². The molecule has 16 heavy (non-hydrogen) atoms. The Morgan fingerprint density at radius 2 is 2.12 bits per heavy atom. The molecule has 0 aromatic carbocycles. The van der Waals surface area contributed by atoms with Crippen LogP contribution in [0, 0.1) is 6.92 Å². The highest BCUT2D eigenvalue weighted by Crippen LogP contribution is 2.21. The van der Waals surface area contributed by atoms with Crippen LogP contribution in [0.1, 0.15) is 5.01 Å². The predicted molar refractivity (Wildman–Crippen MR) is 66.5 cm³/mol. The number of nitrogens with zero attached hydrogens (tertiary/aromatic N) is 4. The summed E-state index contributed by atoms with van der Waals surface area (Å²) in [7, 11) is 0. The van der Waals surface area contributed by atoms with E-state index in [2.05, 4.69) is 30.9 Å². The van der Waals surface area contributed by atoms with Crippen LogP contribution in [-0.2, 0) is 0 Å². The van der Waals surface area contributed by atoms with Gasteiger partial charge in [0.15, 0.2) is 0 Å². The molecule has 0 aliphatic carbocycles. The second-order valence-corrected chi connectivity index (χ2v) is 5.34. The average Bonchev–Trinajstić information content (AvgIpc) is 2.83. The zero-order chi connectivity index (χ0) is 11.1. The van der Waals surface area contributed by atoms with Gasteiger partial charge in [0.2, 0.25) is 5.78 Å². The summed E-state index contributed by atoms with van der Waals surface area (Å²) in [6.07, 6.45) is 5.60. The number of fused-ring (bicyclic) bond motifs is 1. The molecule has 80 valence electrons. The lowest BCUT2D eigenvalue weighted by Gasteiger charge is -1.90. The Bertz CT molecular complexity index is 658. The standard InChI is InChI=1S/C10H7BrN4S/c1-6-13-9(5-16-6)8-4-15-3-7(11)2-12-10(15)14-8/h2-5H,1H3. The lowest BCUT2D eigenvalue weighted by molar-refractivity contribution is 1.10. The van der Waals surface area contributed by atoms with Gasteiger partial charge in [-0.1, -0.05) is 0 Å². The molecule has 0 saturated carbocycles. The average molecular weight is 295 g/mol. The summed E-state index contributed by atoms with van der Waals surface area (Å²) >= 11 is 5.00. The zero-order valence-corrected chi connectivity index (χ0v) is 10.8. The van der Waals surface area contributed by atoms with Crippen molar-refractivity contribution in [3.8, 4) is 11.4 Å². The number of hydrogen-bond acceptors (Lipinski definition) is 4. The molecule has 0 fully saturated rings. The monoisotopic (exact) mass is 294 g/mol. The van der Waals surface area contributed by atoms with Crippen molar-refractivity contribution in [1.29, 1.82) is 0 Å². The van der Waals surface area contributed by atoms with Crippen molar-refractivity contribution >= 4 is 33.0 Å². The molecule has 0 spiro atoms. The topological polar surface area (TPSA) is 43.1 Å². The molecule has 0 unspecified atom stereocenters. The van der Waals surface area contributed by atoms with E-state index < -0.39 is 0 Å². The van der Waals surface area contributed by atoms with E-state index in [9.17, 15) is 0 Å². The fraction of sp³-hybridized carbons (Fsp3) is 0.100. The van der Waals surface area contributed by atoms with E-state index in [1.807, 2.05) is 29.1 Å². The van der Waals surface area contributed by atoms with Crippen LogP contribution in [-0.4, -0.2) is 19.4 Å². The van der Waals surface area contributed by atoms with Gasteiger partial charge in [-0.3, -0.25) is 4.40 Å². The Labute approximate surface area is 104 Å². The molecule has 0 radical (unpaired) electrons. The van der Waals surface area contributed by atoms with Gasteiger partial charge in [-0.2, -0.15) is 0 Å². The van der Waals surface area contributed by atoms with Gasteiger partial charge in [0, 0.05) is 24.0 Å². The van der Waals surface area contributed by atoms with Gasteiger partial charge in [-0.15, -0.1) is 11.3 Å². The molecular weight excluding hydrogens is 288 g/mol. The number of imidazole rings is 1. The van der Waals surface area contributed by atoms with E-state index in [0.29, 0.717) is 5.78 Å². The number of rotatable bonds is 1. The zero-order valence-electron chi connectivity index (χ0n) is 8.38. The minimum atomic E-state index is 0.684. The van der Waals surface area contributed by atoms with Crippen LogP contribution in [0.15, 0.2) is 28.4 Å². The van der Waals surface area contributed by atoms with Crippen molar-refractivity contribution in [2.24, 2.45) is 0 Å². The van der Waals surface area contributed by atoms with E-state index in [1.54, 1.807) is 17.5 Å². The number of aromatic nitrogens is 4. The van der Waals surface area contributed by atoms with E-state index in [4.69, 9.17) is 0 Å². The highest BCUT2D eigenvalue weighted by atomic mass is 79.9. The van der Waals surface area contributed by atoms with Gasteiger partial charge < -0.3 is 0 Å².